The first-order chi connectivity index (χ1) is 6.74. The number of carbonyl (C=O) groups excluding carboxylic acids is 1. The highest BCUT2D eigenvalue weighted by atomic mass is 35.5. The van der Waals surface area contributed by atoms with E-state index in [1.807, 2.05) is 0 Å². The highest BCUT2D eigenvalue weighted by Gasteiger charge is 2.10. The van der Waals surface area contributed by atoms with E-state index in [4.69, 9.17) is 11.6 Å². The molecule has 0 aliphatic rings. The number of aromatic nitrogens is 3. The molecule has 1 unspecified atom stereocenters. The highest BCUT2D eigenvalue weighted by molar-refractivity contribution is 6.20. The number of alkyl halides is 1. The van der Waals surface area contributed by atoms with Crippen LogP contribution in [0.2, 0.25) is 0 Å². The van der Waals surface area contributed by atoms with Gasteiger partial charge in [-0.25, -0.2) is 0 Å². The van der Waals surface area contributed by atoms with Gasteiger partial charge in [-0.3, -0.25) is 4.79 Å². The average molecular weight is 217 g/mol. The van der Waals surface area contributed by atoms with Crippen LogP contribution in [0.25, 0.3) is 0 Å². The Morgan fingerprint density at radius 2 is 2.57 bits per heavy atom. The van der Waals surface area contributed by atoms with Crippen molar-refractivity contribution in [1.82, 2.24) is 20.7 Å². The molecule has 2 N–H and O–H groups in total. The Morgan fingerprint density at radius 3 is 3.14 bits per heavy atom. The lowest BCUT2D eigenvalue weighted by molar-refractivity contribution is 0.0948. The molecule has 0 aliphatic heterocycles. The first-order valence-electron chi connectivity index (χ1n) is 4.52. The largest absolute Gasteiger partial charge is 0.349 e. The average Bonchev–Trinajstić information content (AvgIpc) is 2.67. The maximum absolute atomic E-state index is 11.3. The van der Waals surface area contributed by atoms with Gasteiger partial charge in [-0.2, -0.15) is 15.4 Å². The van der Waals surface area contributed by atoms with Crippen LogP contribution >= 0.6 is 11.6 Å². The Labute approximate surface area is 87.2 Å². The van der Waals surface area contributed by atoms with Gasteiger partial charge in [0.05, 0.1) is 11.6 Å². The Morgan fingerprint density at radius 1 is 1.79 bits per heavy atom. The third-order valence-corrected chi connectivity index (χ3v) is 2.11. The van der Waals surface area contributed by atoms with Gasteiger partial charge in [-0.15, -0.1) is 11.6 Å². The lowest BCUT2D eigenvalue weighted by atomic mass is 10.2. The lowest BCUT2D eigenvalue weighted by Crippen LogP contribution is -2.29. The minimum atomic E-state index is -0.250. The molecule has 5 nitrogen and oxygen atoms in total. The van der Waals surface area contributed by atoms with Gasteiger partial charge in [0.2, 0.25) is 0 Å². The van der Waals surface area contributed by atoms with Crippen LogP contribution in [0.5, 0.6) is 0 Å². The standard InChI is InChI=1S/C8H13ClN4O/c1-2-3-6(9)4-10-8(14)7-5-11-13-12-7/h5-6H,2-4H2,1H3,(H,10,14)(H,11,12,13). The molecule has 0 aromatic carbocycles. The van der Waals surface area contributed by atoms with Crippen LogP contribution in [0.1, 0.15) is 30.3 Å². The van der Waals surface area contributed by atoms with Gasteiger partial charge < -0.3 is 5.32 Å². The first kappa shape index (κ1) is 11.0. The zero-order valence-corrected chi connectivity index (χ0v) is 8.71. The van der Waals surface area contributed by atoms with E-state index >= 15 is 0 Å². The van der Waals surface area contributed by atoms with Gasteiger partial charge in [0.25, 0.3) is 5.91 Å². The molecule has 0 bridgehead atoms. The molecule has 78 valence electrons. The van der Waals surface area contributed by atoms with Crippen LogP contribution < -0.4 is 5.32 Å². The first-order valence-corrected chi connectivity index (χ1v) is 4.95. The minimum Gasteiger partial charge on any atom is -0.349 e. The molecule has 1 heterocycles. The zero-order valence-electron chi connectivity index (χ0n) is 7.96. The Hall–Kier alpha value is -1.10. The fourth-order valence-corrected chi connectivity index (χ4v) is 1.32. The van der Waals surface area contributed by atoms with Crippen LogP contribution in [-0.4, -0.2) is 33.2 Å². The van der Waals surface area contributed by atoms with E-state index in [0.717, 1.165) is 12.8 Å². The van der Waals surface area contributed by atoms with Crippen LogP contribution in [0.3, 0.4) is 0 Å². The summed E-state index contributed by atoms with van der Waals surface area (Å²) in [6.45, 7) is 2.51. The van der Waals surface area contributed by atoms with Gasteiger partial charge in [0, 0.05) is 6.54 Å². The van der Waals surface area contributed by atoms with E-state index in [-0.39, 0.29) is 17.0 Å². The molecule has 0 saturated carbocycles. The fourth-order valence-electron chi connectivity index (χ4n) is 1.02. The summed E-state index contributed by atoms with van der Waals surface area (Å²) >= 11 is 5.93. The maximum Gasteiger partial charge on any atom is 0.273 e. The predicted octanol–water partition coefficient (Wildman–Crippen LogP) is 0.942. The van der Waals surface area contributed by atoms with Crippen molar-refractivity contribution in [1.29, 1.82) is 0 Å². The summed E-state index contributed by atoms with van der Waals surface area (Å²) in [5.74, 6) is -0.250. The molecule has 1 atom stereocenters. The number of aromatic amines is 1. The molecule has 0 aliphatic carbocycles. The van der Waals surface area contributed by atoms with Crippen LogP contribution in [0.4, 0.5) is 0 Å². The quantitative estimate of drug-likeness (QED) is 0.720. The Kier molecular flexibility index (Phi) is 4.39. The Bertz CT molecular complexity index is 275. The van der Waals surface area contributed by atoms with Crippen LogP contribution in [0.15, 0.2) is 6.20 Å². The normalized spacial score (nSPS) is 12.4. The van der Waals surface area contributed by atoms with E-state index in [0.29, 0.717) is 6.54 Å². The van der Waals surface area contributed by atoms with E-state index in [1.165, 1.54) is 6.20 Å². The topological polar surface area (TPSA) is 70.7 Å². The summed E-state index contributed by atoms with van der Waals surface area (Å²) in [6.07, 6.45) is 3.27. The number of rotatable bonds is 5. The molecule has 1 rings (SSSR count). The molecule has 1 aromatic rings. The third-order valence-electron chi connectivity index (χ3n) is 1.73. The van der Waals surface area contributed by atoms with Crippen molar-refractivity contribution in [2.24, 2.45) is 0 Å². The minimum absolute atomic E-state index is 0.0177. The molecule has 0 fully saturated rings. The smallest absolute Gasteiger partial charge is 0.273 e. The number of hydrogen-bond acceptors (Lipinski definition) is 3. The van der Waals surface area contributed by atoms with Gasteiger partial charge >= 0.3 is 0 Å². The van der Waals surface area contributed by atoms with Crippen molar-refractivity contribution in [2.75, 3.05) is 6.54 Å². The molecule has 0 saturated heterocycles. The Balaban J connectivity index is 2.28. The second-order valence-corrected chi connectivity index (χ2v) is 3.57. The van der Waals surface area contributed by atoms with E-state index in [1.54, 1.807) is 0 Å². The molecule has 6 heteroatoms. The van der Waals surface area contributed by atoms with Gasteiger partial charge in [0.15, 0.2) is 5.69 Å². The second-order valence-electron chi connectivity index (χ2n) is 2.95. The van der Waals surface area contributed by atoms with E-state index < -0.39 is 0 Å². The third kappa shape index (κ3) is 3.33. The van der Waals surface area contributed by atoms with Crippen molar-refractivity contribution in [3.05, 3.63) is 11.9 Å². The summed E-state index contributed by atoms with van der Waals surface area (Å²) < 4.78 is 0. The monoisotopic (exact) mass is 216 g/mol. The van der Waals surface area contributed by atoms with Crippen molar-refractivity contribution in [3.63, 3.8) is 0 Å². The van der Waals surface area contributed by atoms with Gasteiger partial charge in [-0.1, -0.05) is 13.3 Å². The summed E-state index contributed by atoms with van der Waals surface area (Å²) in [4.78, 5) is 11.3. The van der Waals surface area contributed by atoms with Crippen molar-refractivity contribution in [3.8, 4) is 0 Å². The number of halogens is 1. The summed E-state index contributed by atoms with van der Waals surface area (Å²) in [5.41, 5.74) is 0.283. The second kappa shape index (κ2) is 5.59. The van der Waals surface area contributed by atoms with Crippen molar-refractivity contribution < 1.29 is 4.79 Å². The van der Waals surface area contributed by atoms with Crippen LogP contribution in [-0.2, 0) is 0 Å². The zero-order chi connectivity index (χ0) is 10.4. The number of hydrogen-bond donors (Lipinski definition) is 2. The lowest BCUT2D eigenvalue weighted by Gasteiger charge is -2.07. The molecule has 1 amide bonds. The SMILES string of the molecule is CCCC(Cl)CNC(=O)c1cn[nH]n1. The highest BCUT2D eigenvalue weighted by Crippen LogP contribution is 2.03. The molecular formula is C8H13ClN4O. The van der Waals surface area contributed by atoms with Crippen LogP contribution in [0, 0.1) is 0 Å². The summed E-state index contributed by atoms with van der Waals surface area (Å²) in [5, 5.41) is 12.2. The molecular weight excluding hydrogens is 204 g/mol. The number of nitrogens with one attached hydrogen (secondary N) is 2. The van der Waals surface area contributed by atoms with E-state index in [9.17, 15) is 4.79 Å². The predicted molar refractivity (Wildman–Crippen MR) is 53.3 cm³/mol. The number of carbonyl (C=O) groups is 1. The summed E-state index contributed by atoms with van der Waals surface area (Å²) in [7, 11) is 0. The maximum atomic E-state index is 11.3. The summed E-state index contributed by atoms with van der Waals surface area (Å²) in [6, 6.07) is 0. The van der Waals surface area contributed by atoms with Crippen molar-refractivity contribution >= 4 is 17.5 Å². The number of nitrogens with zero attached hydrogens (tertiary/aromatic N) is 2. The number of amides is 1. The van der Waals surface area contributed by atoms with Gasteiger partial charge in [0.1, 0.15) is 0 Å². The number of H-pyrrole nitrogens is 1. The molecule has 14 heavy (non-hydrogen) atoms. The van der Waals surface area contributed by atoms with E-state index in [2.05, 4.69) is 27.7 Å². The van der Waals surface area contributed by atoms with Gasteiger partial charge in [-0.05, 0) is 6.42 Å². The molecule has 0 spiro atoms. The molecule has 0 radical (unpaired) electrons. The molecule has 1 aromatic heterocycles. The van der Waals surface area contributed by atoms with Crippen molar-refractivity contribution in [2.45, 2.75) is 25.1 Å². The fraction of sp³-hybridized carbons (Fsp3) is 0.625.